The number of nitrogens with zero attached hydrogens (tertiary/aromatic N) is 2. The van der Waals surface area contributed by atoms with Crippen LogP contribution in [0.1, 0.15) is 23.6 Å². The summed E-state index contributed by atoms with van der Waals surface area (Å²) in [5.41, 5.74) is 2.99. The van der Waals surface area contributed by atoms with Crippen molar-refractivity contribution in [3.63, 3.8) is 0 Å². The standard InChI is InChI=1S/C24H26N2O3S/c1-4-29-22-14-17(2)18(3)15-23(22)30(27,28)26-13-12-25-24(26)16-20-10-7-9-19-8-5-6-11-21(19)20/h5-11,14-15H,4,12-13,16H2,1-3H3. The predicted molar refractivity (Wildman–Crippen MR) is 121 cm³/mol. The Labute approximate surface area is 178 Å². The minimum absolute atomic E-state index is 0.208. The predicted octanol–water partition coefficient (Wildman–Crippen LogP) is 4.50. The van der Waals surface area contributed by atoms with Crippen LogP contribution in [-0.4, -0.2) is 38.3 Å². The van der Waals surface area contributed by atoms with Crippen LogP contribution in [-0.2, 0) is 16.4 Å². The molecule has 30 heavy (non-hydrogen) atoms. The van der Waals surface area contributed by atoms with Gasteiger partial charge in [0.15, 0.2) is 0 Å². The summed E-state index contributed by atoms with van der Waals surface area (Å²) in [5.74, 6) is 0.976. The SMILES string of the molecule is CCOc1cc(C)c(C)cc1S(=O)(=O)N1CCN=C1Cc1cccc2ccccc12. The van der Waals surface area contributed by atoms with Crippen LogP contribution in [0.4, 0.5) is 0 Å². The summed E-state index contributed by atoms with van der Waals surface area (Å²) in [5, 5.41) is 2.25. The van der Waals surface area contributed by atoms with E-state index in [2.05, 4.69) is 23.2 Å². The maximum atomic E-state index is 13.6. The molecule has 5 nitrogen and oxygen atoms in total. The number of aliphatic imine (C=N–C) groups is 1. The van der Waals surface area contributed by atoms with E-state index >= 15 is 0 Å². The highest BCUT2D eigenvalue weighted by Crippen LogP contribution is 2.32. The molecule has 0 spiro atoms. The molecule has 1 aliphatic heterocycles. The number of sulfonamides is 1. The zero-order valence-electron chi connectivity index (χ0n) is 17.6. The van der Waals surface area contributed by atoms with Crippen molar-refractivity contribution in [2.24, 2.45) is 4.99 Å². The summed E-state index contributed by atoms with van der Waals surface area (Å²) < 4.78 is 34.4. The lowest BCUT2D eigenvalue weighted by atomic mass is 10.0. The number of hydrogen-bond donors (Lipinski definition) is 0. The Balaban J connectivity index is 1.72. The maximum absolute atomic E-state index is 13.6. The smallest absolute Gasteiger partial charge is 0.269 e. The Kier molecular flexibility index (Phi) is 5.52. The van der Waals surface area contributed by atoms with Gasteiger partial charge in [-0.05, 0) is 60.4 Å². The highest BCUT2D eigenvalue weighted by atomic mass is 32.2. The molecule has 0 radical (unpaired) electrons. The first-order chi connectivity index (χ1) is 14.4. The minimum Gasteiger partial charge on any atom is -0.492 e. The lowest BCUT2D eigenvalue weighted by Gasteiger charge is -2.23. The van der Waals surface area contributed by atoms with Gasteiger partial charge in [-0.3, -0.25) is 9.30 Å². The Morgan fingerprint density at radius 3 is 2.57 bits per heavy atom. The highest BCUT2D eigenvalue weighted by molar-refractivity contribution is 7.89. The molecule has 0 aliphatic carbocycles. The van der Waals surface area contributed by atoms with Crippen LogP contribution in [0, 0.1) is 13.8 Å². The summed E-state index contributed by atoms with van der Waals surface area (Å²) in [6, 6.07) is 17.8. The number of rotatable bonds is 6. The molecule has 0 saturated heterocycles. The number of fused-ring (bicyclic) bond motifs is 1. The van der Waals surface area contributed by atoms with Crippen molar-refractivity contribution in [2.45, 2.75) is 32.1 Å². The van der Waals surface area contributed by atoms with Gasteiger partial charge in [0.05, 0.1) is 19.7 Å². The number of aryl methyl sites for hydroxylation is 2. The first-order valence-corrected chi connectivity index (χ1v) is 11.6. The average molecular weight is 423 g/mol. The monoisotopic (exact) mass is 422 g/mol. The van der Waals surface area contributed by atoms with Gasteiger partial charge >= 0.3 is 0 Å². The number of benzene rings is 3. The van der Waals surface area contributed by atoms with E-state index in [1.807, 2.05) is 51.1 Å². The lowest BCUT2D eigenvalue weighted by molar-refractivity contribution is 0.330. The van der Waals surface area contributed by atoms with Gasteiger partial charge in [-0.25, -0.2) is 8.42 Å². The average Bonchev–Trinajstić information content (AvgIpc) is 3.20. The fourth-order valence-electron chi connectivity index (χ4n) is 3.85. The fraction of sp³-hybridized carbons (Fsp3) is 0.292. The molecule has 0 atom stereocenters. The molecule has 1 aliphatic rings. The Morgan fingerprint density at radius 2 is 1.77 bits per heavy atom. The quantitative estimate of drug-likeness (QED) is 0.588. The van der Waals surface area contributed by atoms with E-state index in [-0.39, 0.29) is 4.90 Å². The van der Waals surface area contributed by atoms with E-state index in [9.17, 15) is 8.42 Å². The molecule has 0 N–H and O–H groups in total. The molecule has 0 amide bonds. The van der Waals surface area contributed by atoms with Gasteiger partial charge in [-0.15, -0.1) is 0 Å². The van der Waals surface area contributed by atoms with Crippen molar-refractivity contribution in [3.05, 3.63) is 71.3 Å². The van der Waals surface area contributed by atoms with Crippen molar-refractivity contribution < 1.29 is 13.2 Å². The van der Waals surface area contributed by atoms with Crippen LogP contribution >= 0.6 is 0 Å². The van der Waals surface area contributed by atoms with E-state index < -0.39 is 10.0 Å². The second-order valence-electron chi connectivity index (χ2n) is 7.51. The summed E-state index contributed by atoms with van der Waals surface area (Å²) in [6.45, 7) is 6.95. The summed E-state index contributed by atoms with van der Waals surface area (Å²) in [6.07, 6.45) is 0.468. The van der Waals surface area contributed by atoms with Crippen LogP contribution in [0.3, 0.4) is 0 Å². The van der Waals surface area contributed by atoms with E-state index in [4.69, 9.17) is 4.74 Å². The van der Waals surface area contributed by atoms with Gasteiger partial charge in [-0.1, -0.05) is 42.5 Å². The van der Waals surface area contributed by atoms with Crippen LogP contribution < -0.4 is 4.74 Å². The van der Waals surface area contributed by atoms with Gasteiger partial charge in [0.25, 0.3) is 10.0 Å². The van der Waals surface area contributed by atoms with Crippen molar-refractivity contribution in [2.75, 3.05) is 19.7 Å². The second kappa shape index (κ2) is 8.11. The zero-order chi connectivity index (χ0) is 21.3. The molecular weight excluding hydrogens is 396 g/mol. The summed E-state index contributed by atoms with van der Waals surface area (Å²) in [4.78, 5) is 4.76. The molecule has 156 valence electrons. The van der Waals surface area contributed by atoms with Crippen LogP contribution in [0.25, 0.3) is 10.8 Å². The third kappa shape index (κ3) is 3.67. The van der Waals surface area contributed by atoms with Crippen LogP contribution in [0.15, 0.2) is 64.5 Å². The van der Waals surface area contributed by atoms with E-state index in [1.165, 1.54) is 4.31 Å². The van der Waals surface area contributed by atoms with Gasteiger partial charge in [0.2, 0.25) is 0 Å². The first-order valence-electron chi connectivity index (χ1n) is 10.2. The third-order valence-corrected chi connectivity index (χ3v) is 7.39. The van der Waals surface area contributed by atoms with E-state index in [0.29, 0.717) is 37.7 Å². The first kappa shape index (κ1) is 20.4. The highest BCUT2D eigenvalue weighted by Gasteiger charge is 2.33. The minimum atomic E-state index is -3.78. The van der Waals surface area contributed by atoms with Crippen molar-refractivity contribution in [1.29, 1.82) is 0 Å². The molecule has 4 rings (SSSR count). The van der Waals surface area contributed by atoms with E-state index in [1.54, 1.807) is 6.07 Å². The van der Waals surface area contributed by atoms with Crippen molar-refractivity contribution in [3.8, 4) is 5.75 Å². The number of ether oxygens (including phenoxy) is 1. The zero-order valence-corrected chi connectivity index (χ0v) is 18.4. The fourth-order valence-corrected chi connectivity index (χ4v) is 5.51. The van der Waals surface area contributed by atoms with Gasteiger partial charge in [0.1, 0.15) is 16.5 Å². The van der Waals surface area contributed by atoms with Gasteiger partial charge in [0, 0.05) is 6.42 Å². The van der Waals surface area contributed by atoms with Crippen molar-refractivity contribution >= 4 is 26.6 Å². The molecule has 0 saturated carbocycles. The molecule has 3 aromatic rings. The third-order valence-electron chi connectivity index (χ3n) is 5.54. The Hall–Kier alpha value is -2.86. The maximum Gasteiger partial charge on any atom is 0.269 e. The normalized spacial score (nSPS) is 14.2. The molecule has 6 heteroatoms. The summed E-state index contributed by atoms with van der Waals surface area (Å²) >= 11 is 0. The van der Waals surface area contributed by atoms with Crippen LogP contribution in [0.2, 0.25) is 0 Å². The number of amidine groups is 1. The largest absolute Gasteiger partial charge is 0.492 e. The van der Waals surface area contributed by atoms with Gasteiger partial charge in [-0.2, -0.15) is 0 Å². The Bertz CT molecular complexity index is 1230. The molecule has 0 fully saturated rings. The lowest BCUT2D eigenvalue weighted by Crippen LogP contribution is -2.35. The Morgan fingerprint density at radius 1 is 1.03 bits per heavy atom. The molecule has 0 unspecified atom stereocenters. The van der Waals surface area contributed by atoms with Crippen LogP contribution in [0.5, 0.6) is 5.75 Å². The number of hydrogen-bond acceptors (Lipinski definition) is 4. The molecule has 0 bridgehead atoms. The van der Waals surface area contributed by atoms with Crippen molar-refractivity contribution in [1.82, 2.24) is 4.31 Å². The topological polar surface area (TPSA) is 59.0 Å². The molecule has 0 aromatic heterocycles. The van der Waals surface area contributed by atoms with E-state index in [0.717, 1.165) is 27.5 Å². The molecule has 3 aromatic carbocycles. The molecule has 1 heterocycles. The summed E-state index contributed by atoms with van der Waals surface area (Å²) in [7, 11) is -3.78. The van der Waals surface area contributed by atoms with Gasteiger partial charge < -0.3 is 4.74 Å². The second-order valence-corrected chi connectivity index (χ2v) is 9.34. The molecular formula is C24H26N2O3S.